The first-order valence-corrected chi connectivity index (χ1v) is 6.32. The summed E-state index contributed by atoms with van der Waals surface area (Å²) in [4.78, 5) is 17.4. The van der Waals surface area contributed by atoms with Crippen molar-refractivity contribution in [1.29, 1.82) is 5.26 Å². The minimum atomic E-state index is 0.00749. The average molecular weight is 261 g/mol. The van der Waals surface area contributed by atoms with Gasteiger partial charge in [-0.15, -0.1) is 0 Å². The molecule has 0 aromatic carbocycles. The van der Waals surface area contributed by atoms with Crippen LogP contribution in [0.1, 0.15) is 18.5 Å². The lowest BCUT2D eigenvalue weighted by atomic mass is 10.3. The summed E-state index contributed by atoms with van der Waals surface area (Å²) in [6.45, 7) is 1.44. The molecule has 0 unspecified atom stereocenters. The molecule has 5 nitrogen and oxygen atoms in total. The average Bonchev–Trinajstić information content (AvgIpc) is 2.45. The van der Waals surface area contributed by atoms with Gasteiger partial charge in [0.15, 0.2) is 0 Å². The van der Waals surface area contributed by atoms with Gasteiger partial charge in [0.05, 0.1) is 32.1 Å². The highest BCUT2D eigenvalue weighted by Crippen LogP contribution is 1.97. The molecule has 0 N–H and O–H groups in total. The number of hydrogen-bond acceptors (Lipinski definition) is 4. The smallest absolute Gasteiger partial charge is 0.224 e. The number of nitrogens with zero attached hydrogens (tertiary/aromatic N) is 3. The van der Waals surface area contributed by atoms with Crippen LogP contribution in [0.3, 0.4) is 0 Å². The number of carbonyl (C=O) groups is 1. The number of nitriles is 1. The molecule has 0 saturated carbocycles. The van der Waals surface area contributed by atoms with Crippen molar-refractivity contribution in [3.63, 3.8) is 0 Å². The van der Waals surface area contributed by atoms with Crippen LogP contribution in [-0.4, -0.2) is 42.6 Å². The molecule has 1 rings (SSSR count). The fourth-order valence-electron chi connectivity index (χ4n) is 1.52. The minimum absolute atomic E-state index is 0.00749. The molecule has 0 aliphatic heterocycles. The van der Waals surface area contributed by atoms with Gasteiger partial charge >= 0.3 is 0 Å². The second-order valence-electron chi connectivity index (χ2n) is 4.16. The van der Waals surface area contributed by atoms with Crippen LogP contribution >= 0.6 is 0 Å². The first-order chi connectivity index (χ1) is 9.24. The largest absolute Gasteiger partial charge is 0.381 e. The van der Waals surface area contributed by atoms with Gasteiger partial charge in [-0.05, 0) is 12.1 Å². The van der Waals surface area contributed by atoms with E-state index in [1.807, 2.05) is 24.3 Å². The summed E-state index contributed by atoms with van der Waals surface area (Å²) in [5.41, 5.74) is 0.986. The molecular weight excluding hydrogens is 242 g/mol. The van der Waals surface area contributed by atoms with Crippen LogP contribution < -0.4 is 0 Å². The lowest BCUT2D eigenvalue weighted by Crippen LogP contribution is -2.28. The molecular formula is C14H19N3O2. The predicted molar refractivity (Wildman–Crippen MR) is 71.2 cm³/mol. The van der Waals surface area contributed by atoms with E-state index in [0.717, 1.165) is 12.1 Å². The number of carbonyl (C=O) groups excluding carboxylic acids is 1. The van der Waals surface area contributed by atoms with Crippen molar-refractivity contribution < 1.29 is 9.53 Å². The summed E-state index contributed by atoms with van der Waals surface area (Å²) < 4.78 is 5.41. The van der Waals surface area contributed by atoms with Crippen molar-refractivity contribution in [3.05, 3.63) is 30.1 Å². The molecule has 0 atom stereocenters. The fraction of sp³-hybridized carbons (Fsp3) is 0.500. The standard InChI is InChI=1S/C14H19N3O2/c1-17(10-4-8-15)14(18)7-12-19-11-6-13-5-2-3-9-16-13/h2-3,5,9H,4,6-7,10-12H2,1H3. The van der Waals surface area contributed by atoms with E-state index in [9.17, 15) is 4.79 Å². The Morgan fingerprint density at radius 1 is 1.47 bits per heavy atom. The number of ether oxygens (including phenoxy) is 1. The number of hydrogen-bond donors (Lipinski definition) is 0. The summed E-state index contributed by atoms with van der Waals surface area (Å²) >= 11 is 0. The zero-order chi connectivity index (χ0) is 13.9. The lowest BCUT2D eigenvalue weighted by molar-refractivity contribution is -0.130. The summed E-state index contributed by atoms with van der Waals surface area (Å²) in [7, 11) is 1.70. The Morgan fingerprint density at radius 2 is 2.32 bits per heavy atom. The van der Waals surface area contributed by atoms with Crippen molar-refractivity contribution in [1.82, 2.24) is 9.88 Å². The van der Waals surface area contributed by atoms with Crippen LogP contribution in [0.15, 0.2) is 24.4 Å². The maximum Gasteiger partial charge on any atom is 0.224 e. The Kier molecular flexibility index (Phi) is 7.21. The van der Waals surface area contributed by atoms with Crippen LogP contribution in [0.25, 0.3) is 0 Å². The highest BCUT2D eigenvalue weighted by atomic mass is 16.5. The second-order valence-corrected chi connectivity index (χ2v) is 4.16. The third kappa shape index (κ3) is 6.53. The highest BCUT2D eigenvalue weighted by molar-refractivity contribution is 5.75. The van der Waals surface area contributed by atoms with Crippen LogP contribution in [0.4, 0.5) is 0 Å². The number of aromatic nitrogens is 1. The topological polar surface area (TPSA) is 66.2 Å². The summed E-state index contributed by atoms with van der Waals surface area (Å²) in [5, 5.41) is 8.43. The van der Waals surface area contributed by atoms with Crippen molar-refractivity contribution in [2.45, 2.75) is 19.3 Å². The Morgan fingerprint density at radius 3 is 3.00 bits per heavy atom. The lowest BCUT2D eigenvalue weighted by Gasteiger charge is -2.15. The molecule has 1 aromatic heterocycles. The van der Waals surface area contributed by atoms with Crippen molar-refractivity contribution in [2.24, 2.45) is 0 Å². The highest BCUT2D eigenvalue weighted by Gasteiger charge is 2.07. The zero-order valence-electron chi connectivity index (χ0n) is 11.2. The maximum absolute atomic E-state index is 11.6. The first kappa shape index (κ1) is 15.1. The van der Waals surface area contributed by atoms with Gasteiger partial charge in [0.2, 0.25) is 5.91 Å². The van der Waals surface area contributed by atoms with E-state index in [-0.39, 0.29) is 5.91 Å². The summed E-state index contributed by atoms with van der Waals surface area (Å²) in [6, 6.07) is 7.78. The van der Waals surface area contributed by atoms with E-state index in [0.29, 0.717) is 32.6 Å². The molecule has 1 aromatic rings. The Balaban J connectivity index is 2.07. The van der Waals surface area contributed by atoms with Crippen LogP contribution in [0, 0.1) is 11.3 Å². The number of rotatable bonds is 8. The van der Waals surface area contributed by atoms with E-state index >= 15 is 0 Å². The monoisotopic (exact) mass is 261 g/mol. The normalized spacial score (nSPS) is 9.89. The van der Waals surface area contributed by atoms with E-state index in [1.165, 1.54) is 0 Å². The molecule has 0 fully saturated rings. The minimum Gasteiger partial charge on any atom is -0.381 e. The Hall–Kier alpha value is -1.93. The van der Waals surface area contributed by atoms with E-state index in [1.54, 1.807) is 18.1 Å². The van der Waals surface area contributed by atoms with Gasteiger partial charge in [-0.2, -0.15) is 5.26 Å². The van der Waals surface area contributed by atoms with Crippen LogP contribution in [0.2, 0.25) is 0 Å². The first-order valence-electron chi connectivity index (χ1n) is 6.32. The molecule has 0 radical (unpaired) electrons. The van der Waals surface area contributed by atoms with Gasteiger partial charge in [0, 0.05) is 31.9 Å². The van der Waals surface area contributed by atoms with Gasteiger partial charge in [0.25, 0.3) is 0 Å². The third-order valence-corrected chi connectivity index (χ3v) is 2.67. The van der Waals surface area contributed by atoms with Gasteiger partial charge in [-0.3, -0.25) is 9.78 Å². The molecule has 0 spiro atoms. The fourth-order valence-corrected chi connectivity index (χ4v) is 1.52. The van der Waals surface area contributed by atoms with Gasteiger partial charge in [-0.1, -0.05) is 6.07 Å². The van der Waals surface area contributed by atoms with E-state index in [2.05, 4.69) is 4.98 Å². The van der Waals surface area contributed by atoms with Crippen LogP contribution in [-0.2, 0) is 16.0 Å². The summed E-state index contributed by atoms with van der Waals surface area (Å²) in [5.74, 6) is 0.00749. The molecule has 1 heterocycles. The number of pyridine rings is 1. The van der Waals surface area contributed by atoms with Gasteiger partial charge in [-0.25, -0.2) is 0 Å². The molecule has 1 amide bonds. The molecule has 102 valence electrons. The SMILES string of the molecule is CN(CCC#N)C(=O)CCOCCc1ccccn1. The van der Waals surface area contributed by atoms with E-state index < -0.39 is 0 Å². The zero-order valence-corrected chi connectivity index (χ0v) is 11.2. The van der Waals surface area contributed by atoms with Crippen molar-refractivity contribution in [3.8, 4) is 6.07 Å². The van der Waals surface area contributed by atoms with Gasteiger partial charge < -0.3 is 9.64 Å². The van der Waals surface area contributed by atoms with Crippen molar-refractivity contribution >= 4 is 5.91 Å². The quantitative estimate of drug-likeness (QED) is 0.663. The van der Waals surface area contributed by atoms with Gasteiger partial charge in [0.1, 0.15) is 0 Å². The maximum atomic E-state index is 11.6. The van der Waals surface area contributed by atoms with Crippen molar-refractivity contribution in [2.75, 3.05) is 26.8 Å². The second kappa shape index (κ2) is 9.06. The van der Waals surface area contributed by atoms with E-state index in [4.69, 9.17) is 10.00 Å². The molecule has 5 heteroatoms. The Labute approximate surface area is 113 Å². The van der Waals surface area contributed by atoms with Crippen LogP contribution in [0.5, 0.6) is 0 Å². The predicted octanol–water partition coefficient (Wildman–Crippen LogP) is 1.40. The summed E-state index contributed by atoms with van der Waals surface area (Å²) in [6.07, 6.45) is 3.22. The Bertz CT molecular complexity index is 414. The molecule has 0 saturated heterocycles. The number of amides is 1. The molecule has 0 aliphatic carbocycles. The molecule has 0 aliphatic rings. The third-order valence-electron chi connectivity index (χ3n) is 2.67. The molecule has 19 heavy (non-hydrogen) atoms. The molecule has 0 bridgehead atoms.